The lowest BCUT2D eigenvalue weighted by Gasteiger charge is -2.24. The summed E-state index contributed by atoms with van der Waals surface area (Å²) in [6.45, 7) is 0.309. The van der Waals surface area contributed by atoms with Crippen LogP contribution in [0.3, 0.4) is 0 Å². The van der Waals surface area contributed by atoms with Crippen LogP contribution in [0.5, 0.6) is 11.5 Å². The highest BCUT2D eigenvalue weighted by Crippen LogP contribution is 2.29. The van der Waals surface area contributed by atoms with E-state index in [9.17, 15) is 14.4 Å². The summed E-state index contributed by atoms with van der Waals surface area (Å²) in [6, 6.07) is 31.3. The number of carboxylic acids is 1. The quantitative estimate of drug-likeness (QED) is 0.159. The van der Waals surface area contributed by atoms with Gasteiger partial charge in [-0.05, 0) is 90.9 Å². The number of carboxylic acid groups (broad SMARTS) is 1. The number of carbonyl (C=O) groups excluding carboxylic acids is 2. The molecule has 0 bridgehead atoms. The van der Waals surface area contributed by atoms with E-state index in [1.165, 1.54) is 18.4 Å². The standard InChI is InChI=1S/C36H35N3O5.CH4/c40-34(41)22-23-37-35(42)29-16-14-26(15-17-29)25-39(31-20-18-28(19-21-31)27-8-3-1-4-9-27)36(43)38-30-10-7-13-33(24-30)44-32-11-5-2-6-12-32;/h2,5-8,10-21,24H,1,3-4,9,22-23,25H2,(H,37,42)(H,38,43)(H,40,41);1H4. The number of nitrogens with one attached hydrogen (secondary N) is 2. The maximum absolute atomic E-state index is 13.8. The number of benzene rings is 4. The summed E-state index contributed by atoms with van der Waals surface area (Å²) < 4.78 is 5.95. The highest BCUT2D eigenvalue weighted by Gasteiger charge is 2.18. The molecular formula is C37H39N3O5. The second-order valence-electron chi connectivity index (χ2n) is 10.6. The largest absolute Gasteiger partial charge is 0.481 e. The summed E-state index contributed by atoms with van der Waals surface area (Å²) in [6.07, 6.45) is 6.70. The lowest BCUT2D eigenvalue weighted by Crippen LogP contribution is -2.34. The smallest absolute Gasteiger partial charge is 0.326 e. The molecule has 0 fully saturated rings. The number of ether oxygens (including phenoxy) is 1. The highest BCUT2D eigenvalue weighted by atomic mass is 16.5. The average Bonchev–Trinajstić information content (AvgIpc) is 3.05. The van der Waals surface area contributed by atoms with Gasteiger partial charge in [0.05, 0.1) is 13.0 Å². The summed E-state index contributed by atoms with van der Waals surface area (Å²) in [7, 11) is 0. The third kappa shape index (κ3) is 9.31. The van der Waals surface area contributed by atoms with Gasteiger partial charge < -0.3 is 20.5 Å². The van der Waals surface area contributed by atoms with Gasteiger partial charge in [0.15, 0.2) is 0 Å². The van der Waals surface area contributed by atoms with Crippen molar-refractivity contribution in [1.82, 2.24) is 5.32 Å². The minimum atomic E-state index is -0.974. The lowest BCUT2D eigenvalue weighted by molar-refractivity contribution is -0.136. The Balaban J connectivity index is 0.00000461. The van der Waals surface area contributed by atoms with Crippen LogP contribution in [0.1, 0.15) is 61.0 Å². The molecule has 45 heavy (non-hydrogen) atoms. The van der Waals surface area contributed by atoms with Crippen LogP contribution in [0.15, 0.2) is 109 Å². The third-order valence-electron chi connectivity index (χ3n) is 7.33. The molecule has 0 atom stereocenters. The minimum Gasteiger partial charge on any atom is -0.481 e. The van der Waals surface area contributed by atoms with Crippen molar-refractivity contribution in [3.63, 3.8) is 0 Å². The van der Waals surface area contributed by atoms with Crippen molar-refractivity contribution in [1.29, 1.82) is 0 Å². The van der Waals surface area contributed by atoms with Crippen LogP contribution in [0.4, 0.5) is 16.2 Å². The third-order valence-corrected chi connectivity index (χ3v) is 7.33. The Hall–Kier alpha value is -5.37. The highest BCUT2D eigenvalue weighted by molar-refractivity contribution is 6.02. The number of anilines is 2. The predicted molar refractivity (Wildman–Crippen MR) is 179 cm³/mol. The van der Waals surface area contributed by atoms with Crippen LogP contribution in [-0.4, -0.2) is 29.6 Å². The lowest BCUT2D eigenvalue weighted by atomic mass is 9.93. The van der Waals surface area contributed by atoms with Gasteiger partial charge in [-0.1, -0.05) is 62.0 Å². The molecule has 0 aromatic heterocycles. The fraction of sp³-hybridized carbons (Fsp3) is 0.216. The maximum atomic E-state index is 13.8. The van der Waals surface area contributed by atoms with Gasteiger partial charge in [-0.3, -0.25) is 14.5 Å². The number of urea groups is 1. The van der Waals surface area contributed by atoms with Gasteiger partial charge in [0, 0.05) is 29.5 Å². The number of hydrogen-bond donors (Lipinski definition) is 3. The normalized spacial score (nSPS) is 12.2. The molecule has 0 aliphatic heterocycles. The Kier molecular flexibility index (Phi) is 11.5. The van der Waals surface area contributed by atoms with Gasteiger partial charge in [-0.15, -0.1) is 0 Å². The number of carbonyl (C=O) groups is 3. The van der Waals surface area contributed by atoms with Crippen LogP contribution in [0.25, 0.3) is 5.57 Å². The first-order valence-electron chi connectivity index (χ1n) is 14.7. The van der Waals surface area contributed by atoms with Crippen molar-refractivity contribution < 1.29 is 24.2 Å². The van der Waals surface area contributed by atoms with Crippen molar-refractivity contribution in [2.45, 2.75) is 46.1 Å². The molecule has 0 heterocycles. The molecule has 3 N–H and O–H groups in total. The maximum Gasteiger partial charge on any atom is 0.326 e. The second-order valence-corrected chi connectivity index (χ2v) is 10.6. The molecule has 1 aliphatic rings. The molecule has 8 heteroatoms. The molecule has 0 unspecified atom stereocenters. The first kappa shape index (κ1) is 32.5. The van der Waals surface area contributed by atoms with Gasteiger partial charge in [0.25, 0.3) is 5.91 Å². The number of amides is 3. The summed E-state index contributed by atoms with van der Waals surface area (Å²) in [5.41, 5.74) is 5.06. The fourth-order valence-corrected chi connectivity index (χ4v) is 5.02. The van der Waals surface area contributed by atoms with Gasteiger partial charge in [-0.25, -0.2) is 4.79 Å². The Labute approximate surface area is 264 Å². The Bertz CT molecular complexity index is 1620. The van der Waals surface area contributed by atoms with E-state index in [1.807, 2.05) is 60.7 Å². The second kappa shape index (κ2) is 15.9. The van der Waals surface area contributed by atoms with E-state index in [0.29, 0.717) is 22.7 Å². The number of hydrogen-bond acceptors (Lipinski definition) is 4. The molecule has 5 rings (SSSR count). The molecule has 0 spiro atoms. The van der Waals surface area contributed by atoms with E-state index in [1.54, 1.807) is 35.2 Å². The zero-order chi connectivity index (χ0) is 30.7. The molecule has 8 nitrogen and oxygen atoms in total. The fourth-order valence-electron chi connectivity index (χ4n) is 5.02. The zero-order valence-electron chi connectivity index (χ0n) is 24.4. The Morgan fingerprint density at radius 2 is 1.56 bits per heavy atom. The number of aliphatic carboxylic acids is 1. The van der Waals surface area contributed by atoms with Crippen LogP contribution in [0.2, 0.25) is 0 Å². The van der Waals surface area contributed by atoms with E-state index < -0.39 is 5.97 Å². The molecule has 232 valence electrons. The molecule has 0 saturated carbocycles. The van der Waals surface area contributed by atoms with Crippen LogP contribution in [0, 0.1) is 0 Å². The SMILES string of the molecule is C.O=C(O)CCNC(=O)c1ccc(CN(C(=O)Nc2cccc(Oc3ccccc3)c2)c2ccc(C3=CCCCC3)cc2)cc1. The molecule has 0 radical (unpaired) electrons. The Morgan fingerprint density at radius 1 is 0.822 bits per heavy atom. The van der Waals surface area contributed by atoms with Gasteiger partial charge >= 0.3 is 12.0 Å². The first-order chi connectivity index (χ1) is 21.4. The van der Waals surface area contributed by atoms with Crippen molar-refractivity contribution in [2.24, 2.45) is 0 Å². The van der Waals surface area contributed by atoms with Crippen molar-refractivity contribution in [3.05, 3.63) is 126 Å². The summed E-state index contributed by atoms with van der Waals surface area (Å²) in [5, 5.41) is 14.4. The molecule has 0 saturated heterocycles. The number of allylic oxidation sites excluding steroid dienone is 2. The summed E-state index contributed by atoms with van der Waals surface area (Å²) >= 11 is 0. The van der Waals surface area contributed by atoms with Crippen LogP contribution >= 0.6 is 0 Å². The van der Waals surface area contributed by atoms with E-state index >= 15 is 0 Å². The average molecular weight is 606 g/mol. The molecular weight excluding hydrogens is 566 g/mol. The molecule has 4 aromatic carbocycles. The summed E-state index contributed by atoms with van der Waals surface area (Å²) in [4.78, 5) is 38.6. The van der Waals surface area contributed by atoms with Crippen LogP contribution < -0.4 is 20.3 Å². The number of para-hydroxylation sites is 1. The summed E-state index contributed by atoms with van der Waals surface area (Å²) in [5.74, 6) is -0.0248. The Morgan fingerprint density at radius 3 is 2.24 bits per heavy atom. The van der Waals surface area contributed by atoms with E-state index in [2.05, 4.69) is 28.8 Å². The van der Waals surface area contributed by atoms with E-state index in [4.69, 9.17) is 9.84 Å². The molecule has 4 aromatic rings. The molecule has 3 amide bonds. The molecule has 1 aliphatic carbocycles. The topological polar surface area (TPSA) is 108 Å². The van der Waals surface area contributed by atoms with Crippen LogP contribution in [-0.2, 0) is 11.3 Å². The van der Waals surface area contributed by atoms with Crippen molar-refractivity contribution >= 4 is 34.9 Å². The zero-order valence-corrected chi connectivity index (χ0v) is 24.4. The number of nitrogens with zero attached hydrogens (tertiary/aromatic N) is 1. The number of rotatable bonds is 11. The van der Waals surface area contributed by atoms with Gasteiger partial charge in [-0.2, -0.15) is 0 Å². The van der Waals surface area contributed by atoms with E-state index in [-0.39, 0.29) is 38.9 Å². The van der Waals surface area contributed by atoms with Gasteiger partial charge in [0.2, 0.25) is 0 Å². The van der Waals surface area contributed by atoms with Gasteiger partial charge in [0.1, 0.15) is 11.5 Å². The van der Waals surface area contributed by atoms with E-state index in [0.717, 1.165) is 29.7 Å². The minimum absolute atomic E-state index is 0. The van der Waals surface area contributed by atoms with Crippen molar-refractivity contribution in [3.8, 4) is 11.5 Å². The first-order valence-corrected chi connectivity index (χ1v) is 14.7. The predicted octanol–water partition coefficient (Wildman–Crippen LogP) is 8.52. The monoisotopic (exact) mass is 605 g/mol. The van der Waals surface area contributed by atoms with Crippen molar-refractivity contribution in [2.75, 3.05) is 16.8 Å².